The van der Waals surface area contributed by atoms with Gasteiger partial charge < -0.3 is 15.8 Å². The van der Waals surface area contributed by atoms with E-state index in [4.69, 9.17) is 10.5 Å². The molecule has 0 aliphatic carbocycles. The van der Waals surface area contributed by atoms with Crippen molar-refractivity contribution < 1.29 is 4.74 Å². The summed E-state index contributed by atoms with van der Waals surface area (Å²) >= 11 is 1.40. The molecule has 3 N–H and O–H groups in total. The molecule has 2 aromatic rings. The van der Waals surface area contributed by atoms with Crippen LogP contribution in [0.3, 0.4) is 0 Å². The van der Waals surface area contributed by atoms with Gasteiger partial charge in [0.15, 0.2) is 0 Å². The van der Waals surface area contributed by atoms with Crippen molar-refractivity contribution in [3.63, 3.8) is 0 Å². The molecule has 5 heteroatoms. The molecule has 0 amide bonds. The molecule has 0 atom stereocenters. The lowest BCUT2D eigenvalue weighted by Gasteiger charge is -2.09. The fraction of sp³-hybridized carbons (Fsp3) is 0.308. The molecule has 1 aromatic heterocycles. The van der Waals surface area contributed by atoms with Crippen molar-refractivity contribution >= 4 is 22.4 Å². The number of nitrogens with two attached hydrogens (primary N) is 1. The van der Waals surface area contributed by atoms with Gasteiger partial charge in [-0.2, -0.15) is 4.37 Å². The third-order valence-corrected chi connectivity index (χ3v) is 3.75. The van der Waals surface area contributed by atoms with Crippen molar-refractivity contribution in [3.8, 4) is 5.75 Å². The van der Waals surface area contributed by atoms with Crippen LogP contribution in [-0.2, 0) is 6.42 Å². The molecule has 0 saturated heterocycles. The molecule has 0 saturated carbocycles. The Morgan fingerprint density at radius 2 is 2.17 bits per heavy atom. The average molecular weight is 263 g/mol. The number of nitrogens with zero attached hydrogens (tertiary/aromatic N) is 1. The zero-order valence-electron chi connectivity index (χ0n) is 10.6. The summed E-state index contributed by atoms with van der Waals surface area (Å²) in [4.78, 5) is 0. The van der Waals surface area contributed by atoms with E-state index in [1.807, 2.05) is 25.1 Å². The molecule has 0 unspecified atom stereocenters. The molecule has 0 radical (unpaired) electrons. The highest BCUT2D eigenvalue weighted by Gasteiger charge is 2.06. The van der Waals surface area contributed by atoms with Gasteiger partial charge in [-0.15, -0.1) is 0 Å². The Labute approximate surface area is 111 Å². The van der Waals surface area contributed by atoms with Crippen LogP contribution in [0.5, 0.6) is 5.75 Å². The van der Waals surface area contributed by atoms with Gasteiger partial charge in [0.25, 0.3) is 0 Å². The fourth-order valence-electron chi connectivity index (χ4n) is 1.73. The number of anilines is 2. The second kappa shape index (κ2) is 5.73. The number of ether oxygens (including phenoxy) is 1. The molecule has 0 spiro atoms. The Kier molecular flexibility index (Phi) is 4.04. The second-order valence-electron chi connectivity index (χ2n) is 4.01. The van der Waals surface area contributed by atoms with Crippen molar-refractivity contribution in [3.05, 3.63) is 35.4 Å². The maximum absolute atomic E-state index is 5.71. The Hall–Kier alpha value is -1.75. The van der Waals surface area contributed by atoms with Gasteiger partial charge in [0.05, 0.1) is 7.11 Å². The quantitative estimate of drug-likeness (QED) is 0.870. The Balaban J connectivity index is 1.94. The molecule has 18 heavy (non-hydrogen) atoms. The van der Waals surface area contributed by atoms with Crippen molar-refractivity contribution in [2.24, 2.45) is 0 Å². The summed E-state index contributed by atoms with van der Waals surface area (Å²) < 4.78 is 9.43. The molecule has 1 heterocycles. The van der Waals surface area contributed by atoms with Crippen molar-refractivity contribution in [2.45, 2.75) is 13.3 Å². The van der Waals surface area contributed by atoms with Gasteiger partial charge in [-0.1, -0.05) is 18.2 Å². The molecule has 2 rings (SSSR count). The standard InChI is InChI=1S/C13H17N3OS/c1-9-12(14)16-18-13(9)15-8-7-10-5-3-4-6-11(10)17-2/h3-6,15H,7-8H2,1-2H3,(H2,14,16). The van der Waals surface area contributed by atoms with Crippen LogP contribution in [0, 0.1) is 6.92 Å². The number of aromatic nitrogens is 1. The number of hydrogen-bond donors (Lipinski definition) is 2. The van der Waals surface area contributed by atoms with Gasteiger partial charge in [0.2, 0.25) is 0 Å². The molecule has 0 aliphatic rings. The van der Waals surface area contributed by atoms with E-state index in [1.165, 1.54) is 17.1 Å². The summed E-state index contributed by atoms with van der Waals surface area (Å²) in [6.45, 7) is 2.81. The Morgan fingerprint density at radius 1 is 1.39 bits per heavy atom. The third-order valence-electron chi connectivity index (χ3n) is 2.83. The van der Waals surface area contributed by atoms with Gasteiger partial charge in [-0.05, 0) is 36.5 Å². The zero-order valence-corrected chi connectivity index (χ0v) is 11.4. The SMILES string of the molecule is COc1ccccc1CCNc1snc(N)c1C. The lowest BCUT2D eigenvalue weighted by Crippen LogP contribution is -2.05. The van der Waals surface area contributed by atoms with Crippen LogP contribution in [0.25, 0.3) is 0 Å². The molecular weight excluding hydrogens is 246 g/mol. The van der Waals surface area contributed by atoms with E-state index >= 15 is 0 Å². The monoisotopic (exact) mass is 263 g/mol. The lowest BCUT2D eigenvalue weighted by atomic mass is 10.1. The lowest BCUT2D eigenvalue weighted by molar-refractivity contribution is 0.410. The van der Waals surface area contributed by atoms with E-state index in [2.05, 4.69) is 15.8 Å². The van der Waals surface area contributed by atoms with Crippen LogP contribution in [0.15, 0.2) is 24.3 Å². The highest BCUT2D eigenvalue weighted by atomic mass is 32.1. The molecular formula is C13H17N3OS. The van der Waals surface area contributed by atoms with Gasteiger partial charge in [0.1, 0.15) is 16.6 Å². The summed E-state index contributed by atoms with van der Waals surface area (Å²) in [5, 5.41) is 4.40. The minimum atomic E-state index is 0.611. The van der Waals surface area contributed by atoms with Gasteiger partial charge in [-0.3, -0.25) is 0 Å². The normalized spacial score (nSPS) is 10.3. The first-order chi connectivity index (χ1) is 8.72. The fourth-order valence-corrected chi connectivity index (χ4v) is 2.47. The van der Waals surface area contributed by atoms with E-state index in [9.17, 15) is 0 Å². The summed E-state index contributed by atoms with van der Waals surface area (Å²) in [5.74, 6) is 1.54. The minimum Gasteiger partial charge on any atom is -0.496 e. The van der Waals surface area contributed by atoms with E-state index in [0.29, 0.717) is 5.82 Å². The van der Waals surface area contributed by atoms with E-state index in [-0.39, 0.29) is 0 Å². The van der Waals surface area contributed by atoms with Crippen molar-refractivity contribution in [1.82, 2.24) is 4.37 Å². The van der Waals surface area contributed by atoms with Crippen molar-refractivity contribution in [1.29, 1.82) is 0 Å². The molecule has 0 bridgehead atoms. The number of hydrogen-bond acceptors (Lipinski definition) is 5. The molecule has 0 aliphatic heterocycles. The highest BCUT2D eigenvalue weighted by molar-refractivity contribution is 7.10. The Morgan fingerprint density at radius 3 is 2.83 bits per heavy atom. The third kappa shape index (κ3) is 2.73. The number of benzene rings is 1. The maximum Gasteiger partial charge on any atom is 0.142 e. The average Bonchev–Trinajstić information content (AvgIpc) is 2.71. The van der Waals surface area contributed by atoms with Crippen LogP contribution >= 0.6 is 11.5 Å². The van der Waals surface area contributed by atoms with E-state index in [0.717, 1.165) is 29.3 Å². The molecule has 4 nitrogen and oxygen atoms in total. The van der Waals surface area contributed by atoms with Crippen LogP contribution < -0.4 is 15.8 Å². The minimum absolute atomic E-state index is 0.611. The number of methoxy groups -OCH3 is 1. The smallest absolute Gasteiger partial charge is 0.142 e. The number of nitrogens with one attached hydrogen (secondary N) is 1. The summed E-state index contributed by atoms with van der Waals surface area (Å²) in [5.41, 5.74) is 7.93. The van der Waals surface area contributed by atoms with E-state index in [1.54, 1.807) is 7.11 Å². The van der Waals surface area contributed by atoms with Crippen molar-refractivity contribution in [2.75, 3.05) is 24.7 Å². The molecule has 1 aromatic carbocycles. The molecule has 96 valence electrons. The first kappa shape index (κ1) is 12.7. The second-order valence-corrected chi connectivity index (χ2v) is 4.78. The predicted octanol–water partition coefficient (Wildman–Crippen LogP) is 2.70. The van der Waals surface area contributed by atoms with E-state index < -0.39 is 0 Å². The zero-order chi connectivity index (χ0) is 13.0. The largest absolute Gasteiger partial charge is 0.496 e. The van der Waals surface area contributed by atoms with Gasteiger partial charge in [-0.25, -0.2) is 0 Å². The first-order valence-electron chi connectivity index (χ1n) is 5.80. The number of nitrogen functional groups attached to an aromatic ring is 1. The van der Waals surface area contributed by atoms with Crippen LogP contribution in [0.1, 0.15) is 11.1 Å². The summed E-state index contributed by atoms with van der Waals surface area (Å²) in [6.07, 6.45) is 0.904. The predicted molar refractivity (Wildman–Crippen MR) is 76.5 cm³/mol. The number of para-hydroxylation sites is 1. The van der Waals surface area contributed by atoms with Gasteiger partial charge in [0, 0.05) is 12.1 Å². The van der Waals surface area contributed by atoms with Gasteiger partial charge >= 0.3 is 0 Å². The van der Waals surface area contributed by atoms with Crippen LogP contribution in [0.2, 0.25) is 0 Å². The topological polar surface area (TPSA) is 60.2 Å². The summed E-state index contributed by atoms with van der Waals surface area (Å²) in [7, 11) is 1.69. The first-order valence-corrected chi connectivity index (χ1v) is 6.57. The van der Waals surface area contributed by atoms with Crippen LogP contribution in [-0.4, -0.2) is 18.0 Å². The highest BCUT2D eigenvalue weighted by Crippen LogP contribution is 2.25. The number of rotatable bonds is 5. The Bertz CT molecular complexity index is 525. The molecule has 0 fully saturated rings. The van der Waals surface area contributed by atoms with Crippen LogP contribution in [0.4, 0.5) is 10.8 Å². The maximum atomic E-state index is 5.71. The summed E-state index contributed by atoms with van der Waals surface area (Å²) in [6, 6.07) is 8.05.